The lowest BCUT2D eigenvalue weighted by Gasteiger charge is -2.24. The maximum absolute atomic E-state index is 10.5. The van der Waals surface area contributed by atoms with Crippen molar-refractivity contribution < 1.29 is 15.0 Å². The van der Waals surface area contributed by atoms with Crippen molar-refractivity contribution in [3.63, 3.8) is 0 Å². The van der Waals surface area contributed by atoms with Crippen molar-refractivity contribution in [2.75, 3.05) is 0 Å². The lowest BCUT2D eigenvalue weighted by atomic mass is 9.97. The SMILES string of the molecule is O=C(O)C1C=C(Cl)C=CC1(O)Cl. The number of halogens is 2. The van der Waals surface area contributed by atoms with E-state index in [2.05, 4.69) is 0 Å². The van der Waals surface area contributed by atoms with E-state index < -0.39 is 16.9 Å². The summed E-state index contributed by atoms with van der Waals surface area (Å²) in [5.41, 5.74) is 0. The number of aliphatic carboxylic acids is 1. The van der Waals surface area contributed by atoms with E-state index in [-0.39, 0.29) is 5.03 Å². The van der Waals surface area contributed by atoms with E-state index in [0.717, 1.165) is 6.08 Å². The van der Waals surface area contributed by atoms with E-state index in [1.807, 2.05) is 0 Å². The first kappa shape index (κ1) is 9.58. The highest BCUT2D eigenvalue weighted by atomic mass is 35.5. The fraction of sp³-hybridized carbons (Fsp3) is 0.286. The van der Waals surface area contributed by atoms with Gasteiger partial charge in [-0.1, -0.05) is 23.2 Å². The number of hydrogen-bond acceptors (Lipinski definition) is 2. The maximum atomic E-state index is 10.5. The zero-order valence-electron chi connectivity index (χ0n) is 5.87. The Labute approximate surface area is 78.9 Å². The average molecular weight is 209 g/mol. The van der Waals surface area contributed by atoms with E-state index in [0.29, 0.717) is 0 Å². The van der Waals surface area contributed by atoms with Crippen molar-refractivity contribution in [1.29, 1.82) is 0 Å². The summed E-state index contributed by atoms with van der Waals surface area (Å²) in [6.45, 7) is 0. The smallest absolute Gasteiger partial charge is 0.315 e. The van der Waals surface area contributed by atoms with Crippen LogP contribution >= 0.6 is 23.2 Å². The molecule has 1 rings (SSSR count). The maximum Gasteiger partial charge on any atom is 0.315 e. The van der Waals surface area contributed by atoms with Crippen molar-refractivity contribution in [2.45, 2.75) is 5.06 Å². The van der Waals surface area contributed by atoms with E-state index in [4.69, 9.17) is 28.3 Å². The number of alkyl halides is 1. The van der Waals surface area contributed by atoms with E-state index >= 15 is 0 Å². The van der Waals surface area contributed by atoms with Gasteiger partial charge < -0.3 is 10.2 Å². The van der Waals surface area contributed by atoms with Crippen LogP contribution in [0.2, 0.25) is 0 Å². The largest absolute Gasteiger partial charge is 0.481 e. The highest BCUT2D eigenvalue weighted by Gasteiger charge is 2.38. The second kappa shape index (κ2) is 3.09. The number of allylic oxidation sites excluding steroid dienone is 2. The third-order valence-corrected chi connectivity index (χ3v) is 2.12. The van der Waals surface area contributed by atoms with Crippen LogP contribution in [0.4, 0.5) is 0 Å². The number of hydrogen-bond donors (Lipinski definition) is 2. The number of carboxylic acid groups (broad SMARTS) is 1. The van der Waals surface area contributed by atoms with Gasteiger partial charge in [0.1, 0.15) is 5.92 Å². The fourth-order valence-electron chi connectivity index (χ4n) is 0.876. The zero-order valence-corrected chi connectivity index (χ0v) is 7.38. The molecule has 0 saturated heterocycles. The predicted octanol–water partition coefficient (Wildman–Crippen LogP) is 1.31. The molecular weight excluding hydrogens is 203 g/mol. The second-order valence-corrected chi connectivity index (χ2v) is 3.47. The third kappa shape index (κ3) is 1.80. The first-order valence-electron chi connectivity index (χ1n) is 3.14. The molecule has 0 aromatic rings. The minimum Gasteiger partial charge on any atom is -0.481 e. The van der Waals surface area contributed by atoms with Crippen molar-refractivity contribution in [3.05, 3.63) is 23.3 Å². The predicted molar refractivity (Wildman–Crippen MR) is 45.0 cm³/mol. The number of aliphatic hydroxyl groups is 1. The first-order chi connectivity index (χ1) is 5.43. The molecule has 0 radical (unpaired) electrons. The molecule has 2 N–H and O–H groups in total. The molecule has 0 heterocycles. The third-order valence-electron chi connectivity index (χ3n) is 1.50. The molecule has 0 aliphatic heterocycles. The Morgan fingerprint density at radius 1 is 1.67 bits per heavy atom. The van der Waals surface area contributed by atoms with Gasteiger partial charge in [0.15, 0.2) is 5.06 Å². The molecule has 0 bridgehead atoms. The van der Waals surface area contributed by atoms with Crippen LogP contribution in [0.15, 0.2) is 23.3 Å². The standard InChI is InChI=1S/C7H6Cl2O3/c8-4-1-2-7(9,12)5(3-4)6(10)11/h1-3,5,12H,(H,10,11). The molecule has 12 heavy (non-hydrogen) atoms. The van der Waals surface area contributed by atoms with Crippen molar-refractivity contribution in [1.82, 2.24) is 0 Å². The van der Waals surface area contributed by atoms with Crippen LogP contribution in [-0.2, 0) is 4.79 Å². The Balaban J connectivity index is 2.98. The summed E-state index contributed by atoms with van der Waals surface area (Å²) in [7, 11) is 0. The number of carbonyl (C=O) groups is 1. The van der Waals surface area contributed by atoms with Gasteiger partial charge in [0.05, 0.1) is 0 Å². The van der Waals surface area contributed by atoms with Gasteiger partial charge in [-0.3, -0.25) is 4.79 Å². The average Bonchev–Trinajstić information content (AvgIpc) is 1.94. The van der Waals surface area contributed by atoms with Gasteiger partial charge in [0.2, 0.25) is 0 Å². The lowest BCUT2D eigenvalue weighted by molar-refractivity contribution is -0.143. The number of carboxylic acids is 1. The Bertz CT molecular complexity index is 268. The minimum atomic E-state index is -1.87. The van der Waals surface area contributed by atoms with Crippen molar-refractivity contribution in [3.8, 4) is 0 Å². The Hall–Kier alpha value is -0.510. The Morgan fingerprint density at radius 2 is 2.25 bits per heavy atom. The molecule has 5 heteroatoms. The summed E-state index contributed by atoms with van der Waals surface area (Å²) in [5.74, 6) is -2.41. The van der Waals surface area contributed by atoms with Crippen LogP contribution in [0.3, 0.4) is 0 Å². The first-order valence-corrected chi connectivity index (χ1v) is 3.90. The molecule has 0 aromatic carbocycles. The molecule has 0 spiro atoms. The van der Waals surface area contributed by atoms with Crippen LogP contribution in [-0.4, -0.2) is 21.2 Å². The van der Waals surface area contributed by atoms with Gasteiger partial charge >= 0.3 is 5.97 Å². The molecule has 0 aromatic heterocycles. The van der Waals surface area contributed by atoms with Crippen LogP contribution in [0.5, 0.6) is 0 Å². The monoisotopic (exact) mass is 208 g/mol. The number of rotatable bonds is 1. The van der Waals surface area contributed by atoms with Gasteiger partial charge in [0.25, 0.3) is 0 Å². The van der Waals surface area contributed by atoms with Crippen molar-refractivity contribution in [2.24, 2.45) is 5.92 Å². The zero-order chi connectivity index (χ0) is 9.35. The topological polar surface area (TPSA) is 57.5 Å². The molecule has 2 atom stereocenters. The molecule has 3 nitrogen and oxygen atoms in total. The molecule has 1 aliphatic rings. The lowest BCUT2D eigenvalue weighted by Crippen LogP contribution is -2.35. The highest BCUT2D eigenvalue weighted by Crippen LogP contribution is 2.31. The van der Waals surface area contributed by atoms with E-state index in [1.54, 1.807) is 0 Å². The molecule has 2 unspecified atom stereocenters. The summed E-state index contributed by atoms with van der Waals surface area (Å²) in [6.07, 6.45) is 3.70. The highest BCUT2D eigenvalue weighted by molar-refractivity contribution is 6.32. The quantitative estimate of drug-likeness (QED) is 0.640. The molecular formula is C7H6Cl2O3. The Morgan fingerprint density at radius 3 is 2.67 bits per heavy atom. The van der Waals surface area contributed by atoms with Gasteiger partial charge in [-0.05, 0) is 18.2 Å². The van der Waals surface area contributed by atoms with Crippen LogP contribution in [0, 0.1) is 5.92 Å². The van der Waals surface area contributed by atoms with Crippen molar-refractivity contribution >= 4 is 29.2 Å². The molecule has 0 fully saturated rings. The van der Waals surface area contributed by atoms with Gasteiger partial charge in [0, 0.05) is 5.03 Å². The summed E-state index contributed by atoms with van der Waals surface area (Å²) in [6, 6.07) is 0. The van der Waals surface area contributed by atoms with Gasteiger partial charge in [-0.25, -0.2) is 0 Å². The van der Waals surface area contributed by atoms with Crippen LogP contribution in [0.25, 0.3) is 0 Å². The van der Waals surface area contributed by atoms with Gasteiger partial charge in [-0.2, -0.15) is 0 Å². The Kier molecular flexibility index (Phi) is 2.46. The summed E-state index contributed by atoms with van der Waals surface area (Å²) in [4.78, 5) is 10.5. The summed E-state index contributed by atoms with van der Waals surface area (Å²) < 4.78 is 0. The second-order valence-electron chi connectivity index (χ2n) is 2.43. The molecule has 66 valence electrons. The normalized spacial score (nSPS) is 34.6. The van der Waals surface area contributed by atoms with E-state index in [9.17, 15) is 9.90 Å². The van der Waals surface area contributed by atoms with Crippen LogP contribution in [0.1, 0.15) is 0 Å². The summed E-state index contributed by atoms with van der Waals surface area (Å²) in [5, 5.41) is 16.3. The summed E-state index contributed by atoms with van der Waals surface area (Å²) >= 11 is 11.0. The molecule has 0 saturated carbocycles. The van der Waals surface area contributed by atoms with E-state index in [1.165, 1.54) is 12.2 Å². The fourth-order valence-corrected chi connectivity index (χ4v) is 1.28. The minimum absolute atomic E-state index is 0.257. The van der Waals surface area contributed by atoms with Crippen LogP contribution < -0.4 is 0 Å². The van der Waals surface area contributed by atoms with Gasteiger partial charge in [-0.15, -0.1) is 0 Å². The molecule has 1 aliphatic carbocycles. The molecule has 0 amide bonds.